The zero-order valence-electron chi connectivity index (χ0n) is 61.2. The second-order valence-corrected chi connectivity index (χ2v) is 55.6. The topological polar surface area (TPSA) is 0 Å². The van der Waals surface area contributed by atoms with Gasteiger partial charge in [0.25, 0.3) is 0 Å². The van der Waals surface area contributed by atoms with Crippen molar-refractivity contribution < 1.29 is 0 Å². The van der Waals surface area contributed by atoms with Gasteiger partial charge < -0.3 is 0 Å². The molecule has 14 saturated carbocycles. The van der Waals surface area contributed by atoms with Gasteiger partial charge in [-0.2, -0.15) is 0 Å². The van der Waals surface area contributed by atoms with E-state index in [1.54, 1.807) is 141 Å². The molecule has 5 heteroatoms. The van der Waals surface area contributed by atoms with Crippen LogP contribution < -0.4 is 0 Å². The molecule has 0 heterocycles. The molecule has 0 aromatic heterocycles. The van der Waals surface area contributed by atoms with Gasteiger partial charge in [0.15, 0.2) is 0 Å². The van der Waals surface area contributed by atoms with Gasteiger partial charge in [0.2, 0.25) is 0 Å². The standard InChI is InChI=1S/C86H141I5/c1-12-63(18-17-60(4)23-66-34-77(35-66)49-76(11,50-77)31-70-41-83(88,42-70)43-71-44-84(89,45-71)46-72(87)25-68-28-74(9,29-68)20-14-19-73(7,8)27-64-15-13-16-64)40-86(91)57-82(58-86)53-81(54-82)51-79(52-81)38-69(39-79)30-75(10)47-78(48-75)36-67(37-78)24-61(5)22-62(6)26-85(90)55-80(56-85)32-65(33-80)21-59(2)3/h59-72H,12-58H2,1-11H3. The Balaban J connectivity index is 0.411. The van der Waals surface area contributed by atoms with Crippen LogP contribution in [0.1, 0.15) is 378 Å². The number of hydrogen-bond acceptors (Lipinski definition) is 0. The fraction of sp³-hybridized carbons (Fsp3) is 1.00. The summed E-state index contributed by atoms with van der Waals surface area (Å²) in [5.41, 5.74) is 7.27. The van der Waals surface area contributed by atoms with E-state index in [0.29, 0.717) is 35.3 Å². The van der Waals surface area contributed by atoms with E-state index in [9.17, 15) is 0 Å². The average Bonchev–Trinajstić information content (AvgIpc) is 0.670. The molecular weight excluding hydrogens is 1670 g/mol. The number of hydrogen-bond donors (Lipinski definition) is 0. The van der Waals surface area contributed by atoms with Crippen LogP contribution in [0.4, 0.5) is 0 Å². The van der Waals surface area contributed by atoms with E-state index in [1.165, 1.54) is 161 Å². The van der Waals surface area contributed by atoms with Crippen LogP contribution in [0.15, 0.2) is 0 Å². The highest BCUT2D eigenvalue weighted by Gasteiger charge is 2.72. The van der Waals surface area contributed by atoms with Crippen LogP contribution >= 0.6 is 113 Å². The number of rotatable bonds is 32. The van der Waals surface area contributed by atoms with E-state index in [0.717, 1.165) is 113 Å². The van der Waals surface area contributed by atoms with Crippen LogP contribution in [-0.4, -0.2) is 17.6 Å². The molecule has 91 heavy (non-hydrogen) atoms. The molecule has 0 nitrogen and oxygen atoms in total. The lowest BCUT2D eigenvalue weighted by molar-refractivity contribution is -0.241. The lowest BCUT2D eigenvalue weighted by Crippen LogP contribution is -2.66. The van der Waals surface area contributed by atoms with Crippen molar-refractivity contribution in [3.05, 3.63) is 0 Å². The van der Waals surface area contributed by atoms with E-state index in [4.69, 9.17) is 0 Å². The van der Waals surface area contributed by atoms with E-state index >= 15 is 0 Å². The van der Waals surface area contributed by atoms with Crippen molar-refractivity contribution in [1.29, 1.82) is 0 Å². The zero-order chi connectivity index (χ0) is 64.3. The molecule has 0 N–H and O–H groups in total. The van der Waals surface area contributed by atoms with E-state index in [2.05, 4.69) is 189 Å². The Morgan fingerprint density at radius 2 is 0.857 bits per heavy atom. The SMILES string of the molecule is CCC(CCC(C)CC1CC2(C1)CC(C)(CC1CC(I)(CC3CC(I)(CC(I)CC4CC(C)(CCCC(C)(C)CC5CCC5)C4)C3)C1)C2)CC1(I)CC2(C1)CC1(CC3(CC(CC4(C)CC5(CC(CC(C)CC(C)CC6(I)CC7(CC(CC(C)C)C7)C6)C5)C4)C3)C1)C2. The molecule has 0 amide bonds. The predicted molar refractivity (Wildman–Crippen MR) is 434 cm³/mol. The maximum atomic E-state index is 3.02. The van der Waals surface area contributed by atoms with Crippen LogP contribution in [0.3, 0.4) is 0 Å². The minimum atomic E-state index is 0.571. The Labute approximate surface area is 632 Å². The van der Waals surface area contributed by atoms with Crippen molar-refractivity contribution in [2.75, 3.05) is 0 Å². The molecule has 0 aromatic rings. The van der Waals surface area contributed by atoms with Gasteiger partial charge in [-0.1, -0.05) is 234 Å². The van der Waals surface area contributed by atoms with Crippen LogP contribution in [0.2, 0.25) is 0 Å². The van der Waals surface area contributed by atoms with E-state index in [1.807, 2.05) is 0 Å². The molecule has 0 saturated heterocycles. The molecule has 0 bridgehead atoms. The van der Waals surface area contributed by atoms with Gasteiger partial charge in [-0.05, 0) is 388 Å². The molecule has 14 aliphatic rings. The third kappa shape index (κ3) is 16.0. The first-order valence-electron chi connectivity index (χ1n) is 40.9. The molecule has 14 aliphatic carbocycles. The minimum absolute atomic E-state index is 0.571. The monoisotopic (exact) mass is 1810 g/mol. The normalized spacial score (nSPS) is 50.7. The second kappa shape index (κ2) is 25.8. The van der Waals surface area contributed by atoms with Crippen molar-refractivity contribution in [1.82, 2.24) is 0 Å². The molecular formula is C86H141I5. The summed E-state index contributed by atoms with van der Waals surface area (Å²) < 4.78 is 3.38. The molecule has 14 fully saturated rings. The molecule has 14 rings (SSSR count). The first kappa shape index (κ1) is 71.6. The fourth-order valence-corrected chi connectivity index (χ4v) is 41.9. The van der Waals surface area contributed by atoms with Crippen molar-refractivity contribution in [3.8, 4) is 0 Å². The fourth-order valence-electron chi connectivity index (χ4n) is 31.2. The summed E-state index contributed by atoms with van der Waals surface area (Å²) >= 11 is 14.7. The maximum absolute atomic E-state index is 3.02. The lowest BCUT2D eigenvalue weighted by Gasteiger charge is -2.76. The summed E-state index contributed by atoms with van der Waals surface area (Å²) in [6.07, 6.45) is 72.4. The van der Waals surface area contributed by atoms with Crippen LogP contribution in [0.5, 0.6) is 0 Å². The summed E-state index contributed by atoms with van der Waals surface area (Å²) in [7, 11) is 0. The molecule has 0 aromatic carbocycles. The summed E-state index contributed by atoms with van der Waals surface area (Å²) in [5.74, 6) is 12.9. The van der Waals surface area contributed by atoms with Gasteiger partial charge in [-0.15, -0.1) is 0 Å². The molecule has 0 radical (unpaired) electrons. The highest BCUT2D eigenvalue weighted by atomic mass is 127. The molecule has 5 atom stereocenters. The van der Waals surface area contributed by atoms with Crippen LogP contribution in [-0.2, 0) is 0 Å². The Hall–Kier alpha value is 3.65. The summed E-state index contributed by atoms with van der Waals surface area (Å²) in [6, 6.07) is 0. The van der Waals surface area contributed by atoms with Crippen molar-refractivity contribution in [2.45, 2.75) is 396 Å². The van der Waals surface area contributed by atoms with Crippen molar-refractivity contribution >= 4 is 113 Å². The Bertz CT molecular complexity index is 2470. The van der Waals surface area contributed by atoms with E-state index in [-0.39, 0.29) is 0 Å². The average molecular weight is 1810 g/mol. The third-order valence-electron chi connectivity index (χ3n) is 32.1. The molecule has 6 spiro atoms. The Morgan fingerprint density at radius 1 is 0.407 bits per heavy atom. The van der Waals surface area contributed by atoms with Crippen molar-refractivity contribution in [3.63, 3.8) is 0 Å². The Morgan fingerprint density at radius 3 is 1.41 bits per heavy atom. The van der Waals surface area contributed by atoms with E-state index < -0.39 is 0 Å². The van der Waals surface area contributed by atoms with Gasteiger partial charge in [0.1, 0.15) is 0 Å². The predicted octanol–water partition coefficient (Wildman–Crippen LogP) is 29.1. The van der Waals surface area contributed by atoms with Gasteiger partial charge >= 0.3 is 0 Å². The summed E-state index contributed by atoms with van der Waals surface area (Å²) in [5, 5.41) is 0. The van der Waals surface area contributed by atoms with Crippen LogP contribution in [0, 0.1) is 131 Å². The molecule has 520 valence electrons. The molecule has 5 unspecified atom stereocenters. The van der Waals surface area contributed by atoms with Crippen LogP contribution in [0.25, 0.3) is 0 Å². The first-order valence-corrected chi connectivity index (χ1v) is 46.4. The summed E-state index contributed by atoms with van der Waals surface area (Å²) in [4.78, 5) is 0. The quantitative estimate of drug-likeness (QED) is 0.0465. The molecule has 0 aliphatic heterocycles. The van der Waals surface area contributed by atoms with Gasteiger partial charge in [0, 0.05) is 17.6 Å². The van der Waals surface area contributed by atoms with Crippen molar-refractivity contribution in [2.24, 2.45) is 131 Å². The van der Waals surface area contributed by atoms with Gasteiger partial charge in [-0.3, -0.25) is 0 Å². The summed E-state index contributed by atoms with van der Waals surface area (Å²) in [6.45, 7) is 28.5. The van der Waals surface area contributed by atoms with Gasteiger partial charge in [-0.25, -0.2) is 0 Å². The largest absolute Gasteiger partial charge is 0.0826 e. The maximum Gasteiger partial charge on any atom is 0.0237 e. The number of halogens is 5. The lowest BCUT2D eigenvalue weighted by atomic mass is 9.30. The third-order valence-corrected chi connectivity index (χ3v) is 38.1. The number of alkyl halides is 5. The highest BCUT2D eigenvalue weighted by molar-refractivity contribution is 14.1. The minimum Gasteiger partial charge on any atom is -0.0826 e. The zero-order valence-corrected chi connectivity index (χ0v) is 72.0. The first-order chi connectivity index (χ1) is 42.5. The Kier molecular flexibility index (Phi) is 20.3. The van der Waals surface area contributed by atoms with Gasteiger partial charge in [0.05, 0.1) is 0 Å². The highest BCUT2D eigenvalue weighted by Crippen LogP contribution is 2.82. The second-order valence-electron chi connectivity index (χ2n) is 44.7. The smallest absolute Gasteiger partial charge is 0.0237 e.